The fourth-order valence-electron chi connectivity index (χ4n) is 10.9. The highest BCUT2D eigenvalue weighted by atomic mass is 16.6. The summed E-state index contributed by atoms with van der Waals surface area (Å²) in [4.78, 5) is 20.9. The van der Waals surface area contributed by atoms with Crippen molar-refractivity contribution in [3.63, 3.8) is 0 Å². The number of carbonyl (C=O) groups is 1. The first-order valence-electron chi connectivity index (χ1n) is 17.6. The molecule has 2 N–H and O–H groups in total. The number of benzene rings is 1. The van der Waals surface area contributed by atoms with E-state index in [1.54, 1.807) is 0 Å². The molecule has 6 heteroatoms. The van der Waals surface area contributed by atoms with Gasteiger partial charge >= 0.3 is 0 Å². The number of rotatable bonds is 7. The summed E-state index contributed by atoms with van der Waals surface area (Å²) in [6.45, 7) is 11.0. The summed E-state index contributed by atoms with van der Waals surface area (Å²) in [7, 11) is 2.21. The zero-order valence-electron chi connectivity index (χ0n) is 28.3. The van der Waals surface area contributed by atoms with Crippen LogP contribution in [0.15, 0.2) is 47.1 Å². The average Bonchev–Trinajstić information content (AvgIpc) is 3.31. The fraction of sp³-hybridized carbons (Fsp3) is 0.692. The number of piperidine rings is 1. The third-order valence-electron chi connectivity index (χ3n) is 13.9. The molecule has 4 aliphatic carbocycles. The van der Waals surface area contributed by atoms with E-state index in [0.717, 1.165) is 76.5 Å². The number of nitrogens with zero attached hydrogens (tertiary/aromatic N) is 2. The Kier molecular flexibility index (Phi) is 8.76. The van der Waals surface area contributed by atoms with E-state index in [4.69, 9.17) is 11.3 Å². The summed E-state index contributed by atoms with van der Waals surface area (Å²) in [6.07, 6.45) is 18.2. The summed E-state index contributed by atoms with van der Waals surface area (Å²) < 4.78 is 0. The van der Waals surface area contributed by atoms with Crippen LogP contribution in [0.25, 0.3) is 0 Å². The van der Waals surface area contributed by atoms with Crippen LogP contribution in [0.3, 0.4) is 0 Å². The van der Waals surface area contributed by atoms with Gasteiger partial charge in [0.05, 0.1) is 5.71 Å². The van der Waals surface area contributed by atoms with Gasteiger partial charge in [0.2, 0.25) is 0 Å². The van der Waals surface area contributed by atoms with Crippen LogP contribution in [0.2, 0.25) is 0 Å². The van der Waals surface area contributed by atoms with Crippen molar-refractivity contribution in [2.45, 2.75) is 109 Å². The lowest BCUT2D eigenvalue weighted by atomic mass is 9.46. The minimum atomic E-state index is -0.955. The first-order chi connectivity index (χ1) is 21.5. The van der Waals surface area contributed by atoms with E-state index in [1.807, 2.05) is 0 Å². The molecule has 5 aliphatic rings. The zero-order chi connectivity index (χ0) is 32.0. The van der Waals surface area contributed by atoms with Gasteiger partial charge in [0.1, 0.15) is 5.60 Å². The smallest absolute Gasteiger partial charge is 0.260 e. The topological polar surface area (TPSA) is 74.2 Å². The third kappa shape index (κ3) is 5.46. The molecule has 1 saturated heterocycles. The number of terminal acetylenes is 1. The number of carbonyl (C=O) groups excluding carboxylic acids is 1. The Hall–Kier alpha value is -2.62. The van der Waals surface area contributed by atoms with Gasteiger partial charge in [-0.25, -0.2) is 0 Å². The lowest BCUT2D eigenvalue weighted by molar-refractivity contribution is -0.125. The molecule has 6 rings (SSSR count). The van der Waals surface area contributed by atoms with Crippen molar-refractivity contribution in [2.75, 3.05) is 26.7 Å². The van der Waals surface area contributed by atoms with E-state index in [-0.39, 0.29) is 28.8 Å². The van der Waals surface area contributed by atoms with Crippen LogP contribution in [0.1, 0.15) is 97.5 Å². The molecule has 244 valence electrons. The van der Waals surface area contributed by atoms with Crippen molar-refractivity contribution < 1.29 is 14.7 Å². The minimum Gasteiger partial charge on any atom is -0.385 e. The molecule has 1 amide bonds. The predicted molar refractivity (Wildman–Crippen MR) is 180 cm³/mol. The Balaban J connectivity index is 1.04. The van der Waals surface area contributed by atoms with E-state index in [0.29, 0.717) is 36.3 Å². The lowest BCUT2D eigenvalue weighted by Crippen LogP contribution is -2.54. The SMILES string of the molecule is C#C[C@]1(O)CC[C@@H]2[C@@H]3CCC4=CC(=NOCC(=O)NCC[C@]5(c6ccccc6)C[C@H](C)N(C)C[C@H]5C)CC[C@]4(C)[C@H]3CC[C@@]21C. The van der Waals surface area contributed by atoms with Gasteiger partial charge in [0.25, 0.3) is 5.91 Å². The van der Waals surface area contributed by atoms with Crippen molar-refractivity contribution >= 4 is 11.6 Å². The standard InChI is InChI=1S/C39H55N3O3/c1-7-39(44)20-17-34-32-14-13-30-23-31(15-18-36(30,4)33(32)16-19-37(34,39)5)41-45-26-35(43)40-22-21-38(29-11-9-8-10-12-29)24-28(3)42(6)25-27(38)2/h1,8-12,23,27-28,32-34,44H,13-22,24-26H2,2-6H3,(H,40,43)/t27-,28+,32-,33+,34-,36+,37+,38+,39+/m1/s1. The van der Waals surface area contributed by atoms with Crippen LogP contribution < -0.4 is 5.32 Å². The highest BCUT2D eigenvalue weighted by Crippen LogP contribution is 2.67. The van der Waals surface area contributed by atoms with E-state index < -0.39 is 5.60 Å². The summed E-state index contributed by atoms with van der Waals surface area (Å²) in [5, 5.41) is 18.9. The van der Waals surface area contributed by atoms with Crippen molar-refractivity contribution in [3.8, 4) is 12.3 Å². The van der Waals surface area contributed by atoms with E-state index >= 15 is 0 Å². The molecule has 4 fully saturated rings. The molecular weight excluding hydrogens is 558 g/mol. The maximum atomic E-state index is 12.8. The second-order valence-corrected chi connectivity index (χ2v) is 15.9. The van der Waals surface area contributed by atoms with Gasteiger partial charge in [0, 0.05) is 30.0 Å². The number of fused-ring (bicyclic) bond motifs is 5. The average molecular weight is 614 g/mol. The second kappa shape index (κ2) is 12.2. The van der Waals surface area contributed by atoms with Crippen molar-refractivity contribution in [1.82, 2.24) is 10.2 Å². The molecule has 0 radical (unpaired) electrons. The normalized spacial score (nSPS) is 42.1. The quantitative estimate of drug-likeness (QED) is 0.272. The molecule has 0 aromatic heterocycles. The summed E-state index contributed by atoms with van der Waals surface area (Å²) in [6, 6.07) is 11.3. The number of likely N-dealkylation sites (tertiary alicyclic amines) is 1. The Morgan fingerprint density at radius 3 is 2.62 bits per heavy atom. The first-order valence-corrected chi connectivity index (χ1v) is 17.6. The summed E-state index contributed by atoms with van der Waals surface area (Å²) in [5.74, 6) is 4.92. The van der Waals surface area contributed by atoms with E-state index in [1.165, 1.54) is 11.1 Å². The fourth-order valence-corrected chi connectivity index (χ4v) is 10.9. The van der Waals surface area contributed by atoms with E-state index in [2.05, 4.69) is 92.4 Å². The van der Waals surface area contributed by atoms with Gasteiger partial charge in [-0.3, -0.25) is 4.79 Å². The van der Waals surface area contributed by atoms with Crippen molar-refractivity contribution in [1.29, 1.82) is 0 Å². The monoisotopic (exact) mass is 613 g/mol. The maximum absolute atomic E-state index is 12.8. The molecule has 1 aromatic carbocycles. The molecule has 0 bridgehead atoms. The second-order valence-electron chi connectivity index (χ2n) is 15.9. The van der Waals surface area contributed by atoms with Crippen LogP contribution >= 0.6 is 0 Å². The van der Waals surface area contributed by atoms with Gasteiger partial charge in [-0.2, -0.15) is 0 Å². The van der Waals surface area contributed by atoms with Crippen LogP contribution in [0, 0.1) is 46.8 Å². The highest BCUT2D eigenvalue weighted by Gasteiger charge is 2.63. The van der Waals surface area contributed by atoms with Gasteiger partial charge in [-0.1, -0.05) is 67.8 Å². The molecule has 45 heavy (non-hydrogen) atoms. The molecule has 0 unspecified atom stereocenters. The highest BCUT2D eigenvalue weighted by molar-refractivity contribution is 5.96. The van der Waals surface area contributed by atoms with Crippen molar-refractivity contribution in [3.05, 3.63) is 47.5 Å². The molecular formula is C39H55N3O3. The third-order valence-corrected chi connectivity index (χ3v) is 13.9. The number of aliphatic hydroxyl groups is 1. The van der Waals surface area contributed by atoms with Gasteiger partial charge in [0.15, 0.2) is 6.61 Å². The maximum Gasteiger partial charge on any atom is 0.260 e. The van der Waals surface area contributed by atoms with Crippen molar-refractivity contribution in [2.24, 2.45) is 39.7 Å². The minimum absolute atomic E-state index is 0.0404. The van der Waals surface area contributed by atoms with Gasteiger partial charge in [-0.05, 0) is 119 Å². The molecule has 0 spiro atoms. The number of hydrogen-bond donors (Lipinski definition) is 2. The van der Waals surface area contributed by atoms with Crippen LogP contribution in [-0.2, 0) is 15.0 Å². The lowest BCUT2D eigenvalue weighted by Gasteiger charge is -2.58. The van der Waals surface area contributed by atoms with Crippen LogP contribution in [0.5, 0.6) is 0 Å². The Labute approximate surface area is 271 Å². The Morgan fingerprint density at radius 1 is 1.11 bits per heavy atom. The summed E-state index contributed by atoms with van der Waals surface area (Å²) >= 11 is 0. The Bertz CT molecular complexity index is 1370. The number of allylic oxidation sites excluding steroid dienone is 2. The molecule has 6 nitrogen and oxygen atoms in total. The van der Waals surface area contributed by atoms with Crippen LogP contribution in [0.4, 0.5) is 0 Å². The van der Waals surface area contributed by atoms with E-state index in [9.17, 15) is 9.90 Å². The number of oxime groups is 1. The molecule has 3 saturated carbocycles. The molecule has 1 aromatic rings. The largest absolute Gasteiger partial charge is 0.385 e. The molecule has 1 aliphatic heterocycles. The van der Waals surface area contributed by atoms with Gasteiger partial charge in [-0.15, -0.1) is 6.42 Å². The van der Waals surface area contributed by atoms with Gasteiger partial charge < -0.3 is 20.2 Å². The summed E-state index contributed by atoms with van der Waals surface area (Å²) in [5.41, 5.74) is 2.90. The number of hydrogen-bond acceptors (Lipinski definition) is 5. The first kappa shape index (κ1) is 32.3. The van der Waals surface area contributed by atoms with Crippen LogP contribution in [-0.4, -0.2) is 60.0 Å². The number of amides is 1. The number of nitrogens with one attached hydrogen (secondary N) is 1. The molecule has 1 heterocycles. The zero-order valence-corrected chi connectivity index (χ0v) is 28.3. The Morgan fingerprint density at radius 2 is 1.87 bits per heavy atom. The predicted octanol–water partition coefficient (Wildman–Crippen LogP) is 6.49. The molecule has 9 atom stereocenters.